The Kier molecular flexibility index (Phi) is 5.10. The van der Waals surface area contributed by atoms with Crippen LogP contribution in [-0.4, -0.2) is 7.85 Å². The van der Waals surface area contributed by atoms with E-state index >= 15 is 0 Å². The van der Waals surface area contributed by atoms with Gasteiger partial charge in [-0.25, -0.2) is 0 Å². The van der Waals surface area contributed by atoms with Crippen LogP contribution in [-0.2, 0) is 0 Å². The summed E-state index contributed by atoms with van der Waals surface area (Å²) in [6.45, 7) is 11.9. The molecule has 13 heavy (non-hydrogen) atoms. The molecule has 0 unspecified atom stereocenters. The summed E-state index contributed by atoms with van der Waals surface area (Å²) < 4.78 is 0. The second-order valence-electron chi connectivity index (χ2n) is 4.61. The second-order valence-corrected chi connectivity index (χ2v) is 4.61. The van der Waals surface area contributed by atoms with E-state index < -0.39 is 0 Å². The van der Waals surface area contributed by atoms with Gasteiger partial charge in [0.25, 0.3) is 0 Å². The first-order chi connectivity index (χ1) is 6.05. The molecular formula is C12H27B. The minimum absolute atomic E-state index is 0.547. The largest absolute Gasteiger partial charge is 0.102 e. The van der Waals surface area contributed by atoms with Crippen molar-refractivity contribution in [1.29, 1.82) is 0 Å². The van der Waals surface area contributed by atoms with E-state index in [1.165, 1.54) is 32.0 Å². The molecule has 0 heterocycles. The SMILES string of the molecule is BCC(CC)(CC)C(C)(CC)CC. The zero-order valence-corrected chi connectivity index (χ0v) is 10.5. The van der Waals surface area contributed by atoms with Crippen LogP contribution in [0.4, 0.5) is 0 Å². The van der Waals surface area contributed by atoms with Crippen molar-refractivity contribution in [3.8, 4) is 0 Å². The fraction of sp³-hybridized carbons (Fsp3) is 1.00. The van der Waals surface area contributed by atoms with E-state index in [0.29, 0.717) is 10.8 Å². The maximum Gasteiger partial charge on any atom is 0.102 e. The van der Waals surface area contributed by atoms with Crippen LogP contribution in [0.15, 0.2) is 0 Å². The fourth-order valence-electron chi connectivity index (χ4n) is 3.03. The zero-order chi connectivity index (χ0) is 10.5. The molecule has 0 aliphatic heterocycles. The van der Waals surface area contributed by atoms with Crippen molar-refractivity contribution in [3.05, 3.63) is 0 Å². The van der Waals surface area contributed by atoms with Crippen molar-refractivity contribution in [3.63, 3.8) is 0 Å². The van der Waals surface area contributed by atoms with Gasteiger partial charge >= 0.3 is 0 Å². The first-order valence-corrected chi connectivity index (χ1v) is 6.05. The van der Waals surface area contributed by atoms with Crippen molar-refractivity contribution >= 4 is 7.85 Å². The van der Waals surface area contributed by atoms with Crippen LogP contribution in [0.2, 0.25) is 6.32 Å². The van der Waals surface area contributed by atoms with Crippen LogP contribution in [0.5, 0.6) is 0 Å². The summed E-state index contributed by atoms with van der Waals surface area (Å²) in [5, 5.41) is 0. The Bertz CT molecular complexity index is 124. The van der Waals surface area contributed by atoms with Crippen LogP contribution in [0, 0.1) is 10.8 Å². The van der Waals surface area contributed by atoms with Gasteiger partial charge in [-0.15, -0.1) is 0 Å². The Morgan fingerprint density at radius 2 is 1.23 bits per heavy atom. The molecule has 0 saturated carbocycles. The lowest BCUT2D eigenvalue weighted by Crippen LogP contribution is -2.38. The average Bonchev–Trinajstić information content (AvgIpc) is 2.20. The fourth-order valence-corrected chi connectivity index (χ4v) is 3.03. The molecule has 0 atom stereocenters. The van der Waals surface area contributed by atoms with Gasteiger partial charge in [0.05, 0.1) is 0 Å². The minimum atomic E-state index is 0.547. The highest BCUT2D eigenvalue weighted by Gasteiger charge is 2.40. The molecular weight excluding hydrogens is 155 g/mol. The molecule has 0 rings (SSSR count). The molecule has 0 fully saturated rings. The maximum absolute atomic E-state index is 2.48. The van der Waals surface area contributed by atoms with Crippen molar-refractivity contribution in [2.45, 2.75) is 66.6 Å². The molecule has 0 aromatic heterocycles. The first kappa shape index (κ1) is 13.1. The third-order valence-electron chi connectivity index (χ3n) is 4.87. The van der Waals surface area contributed by atoms with Crippen molar-refractivity contribution < 1.29 is 0 Å². The molecule has 0 nitrogen and oxygen atoms in total. The second kappa shape index (κ2) is 5.07. The summed E-state index contributed by atoms with van der Waals surface area (Å²) >= 11 is 0. The van der Waals surface area contributed by atoms with E-state index in [2.05, 4.69) is 42.5 Å². The lowest BCUT2D eigenvalue weighted by Gasteiger charge is -2.48. The van der Waals surface area contributed by atoms with E-state index in [1.807, 2.05) is 0 Å². The molecule has 0 bridgehead atoms. The van der Waals surface area contributed by atoms with Gasteiger partial charge in [-0.3, -0.25) is 0 Å². The summed E-state index contributed by atoms with van der Waals surface area (Å²) in [5.41, 5.74) is 1.13. The van der Waals surface area contributed by atoms with Crippen molar-refractivity contribution in [2.75, 3.05) is 0 Å². The Labute approximate surface area is 85.9 Å². The Morgan fingerprint density at radius 3 is 1.31 bits per heavy atom. The van der Waals surface area contributed by atoms with Gasteiger partial charge in [0, 0.05) is 0 Å². The summed E-state index contributed by atoms with van der Waals surface area (Å²) in [5.74, 6) is 0. The standard InChI is InChI=1S/C12H27B/c1-6-11(5,7-2)12(8-3,9-4)10-13/h6-10,13H2,1-5H3. The predicted molar refractivity (Wildman–Crippen MR) is 65.1 cm³/mol. The molecule has 0 spiro atoms. The lowest BCUT2D eigenvalue weighted by molar-refractivity contribution is 0.0507. The van der Waals surface area contributed by atoms with Crippen LogP contribution in [0.1, 0.15) is 60.3 Å². The van der Waals surface area contributed by atoms with Gasteiger partial charge < -0.3 is 0 Å². The number of rotatable bonds is 6. The zero-order valence-electron chi connectivity index (χ0n) is 10.5. The first-order valence-electron chi connectivity index (χ1n) is 6.05. The summed E-state index contributed by atoms with van der Waals surface area (Å²) in [7, 11) is 2.36. The molecule has 1 heteroatoms. The topological polar surface area (TPSA) is 0 Å². The molecule has 0 amide bonds. The Morgan fingerprint density at radius 1 is 0.846 bits per heavy atom. The molecule has 0 radical (unpaired) electrons. The van der Waals surface area contributed by atoms with E-state index in [1.54, 1.807) is 0 Å². The molecule has 0 saturated heterocycles. The van der Waals surface area contributed by atoms with Crippen LogP contribution in [0.25, 0.3) is 0 Å². The van der Waals surface area contributed by atoms with Crippen molar-refractivity contribution in [2.24, 2.45) is 10.8 Å². The lowest BCUT2D eigenvalue weighted by atomic mass is 9.54. The third-order valence-corrected chi connectivity index (χ3v) is 4.87. The monoisotopic (exact) mass is 182 g/mol. The summed E-state index contributed by atoms with van der Waals surface area (Å²) in [4.78, 5) is 0. The maximum atomic E-state index is 2.48. The normalized spacial score (nSPS) is 13.3. The number of hydrogen-bond acceptors (Lipinski definition) is 0. The van der Waals surface area contributed by atoms with Gasteiger partial charge in [0.15, 0.2) is 0 Å². The molecule has 78 valence electrons. The highest BCUT2D eigenvalue weighted by Crippen LogP contribution is 2.51. The van der Waals surface area contributed by atoms with Gasteiger partial charge in [0.1, 0.15) is 7.85 Å². The van der Waals surface area contributed by atoms with Crippen LogP contribution >= 0.6 is 0 Å². The Hall–Kier alpha value is 0.0649. The molecule has 0 aromatic rings. The molecule has 0 aromatic carbocycles. The van der Waals surface area contributed by atoms with Gasteiger partial charge in [0.2, 0.25) is 0 Å². The van der Waals surface area contributed by atoms with Gasteiger partial charge in [-0.2, -0.15) is 0 Å². The van der Waals surface area contributed by atoms with Gasteiger partial charge in [-0.1, -0.05) is 66.6 Å². The molecule has 0 aliphatic carbocycles. The molecule has 0 aliphatic rings. The van der Waals surface area contributed by atoms with Crippen LogP contribution in [0.3, 0.4) is 0 Å². The number of hydrogen-bond donors (Lipinski definition) is 0. The third kappa shape index (κ3) is 2.11. The Balaban J connectivity index is 4.87. The minimum Gasteiger partial charge on any atom is -0.0750 e. The van der Waals surface area contributed by atoms with Gasteiger partial charge in [-0.05, 0) is 10.8 Å². The van der Waals surface area contributed by atoms with E-state index in [0.717, 1.165) is 0 Å². The van der Waals surface area contributed by atoms with Crippen LogP contribution < -0.4 is 0 Å². The van der Waals surface area contributed by atoms with E-state index in [4.69, 9.17) is 0 Å². The summed E-state index contributed by atoms with van der Waals surface area (Å²) in [6, 6.07) is 0. The highest BCUT2D eigenvalue weighted by molar-refractivity contribution is 6.09. The predicted octanol–water partition coefficient (Wildman–Crippen LogP) is 3.67. The quantitative estimate of drug-likeness (QED) is 0.550. The average molecular weight is 182 g/mol. The van der Waals surface area contributed by atoms with Crippen molar-refractivity contribution in [1.82, 2.24) is 0 Å². The van der Waals surface area contributed by atoms with E-state index in [9.17, 15) is 0 Å². The van der Waals surface area contributed by atoms with E-state index in [-0.39, 0.29) is 0 Å². The highest BCUT2D eigenvalue weighted by atomic mass is 14.4. The summed E-state index contributed by atoms with van der Waals surface area (Å²) in [6.07, 6.45) is 6.63. The molecule has 0 N–H and O–H groups in total. The smallest absolute Gasteiger partial charge is 0.0750 e.